The number of carbonyl (C=O) groups is 1. The van der Waals surface area contributed by atoms with E-state index < -0.39 is 0 Å². The molecular formula is C32H47NO2. The average Bonchev–Trinajstić information content (AvgIpc) is 2.89. The van der Waals surface area contributed by atoms with Gasteiger partial charge in [0.1, 0.15) is 5.75 Å². The molecule has 0 bridgehead atoms. The van der Waals surface area contributed by atoms with Gasteiger partial charge in [0.05, 0.1) is 11.6 Å². The second-order valence-corrected chi connectivity index (χ2v) is 10.6. The molecule has 3 heteroatoms. The van der Waals surface area contributed by atoms with Gasteiger partial charge in [0.25, 0.3) is 0 Å². The smallest absolute Gasteiger partial charge is 0.314 e. The van der Waals surface area contributed by atoms with E-state index in [1.165, 1.54) is 89.0 Å². The molecule has 0 atom stereocenters. The Morgan fingerprint density at radius 2 is 1.46 bits per heavy atom. The Hall–Kier alpha value is -2.16. The number of benzene rings is 1. The highest BCUT2D eigenvalue weighted by atomic mass is 16.5. The van der Waals surface area contributed by atoms with Crippen LogP contribution in [0.25, 0.3) is 11.3 Å². The normalized spacial score (nSPS) is 17.9. The molecule has 0 amide bonds. The molecule has 3 rings (SSSR count). The minimum Gasteiger partial charge on any atom is -0.426 e. The van der Waals surface area contributed by atoms with Crippen molar-refractivity contribution in [3.05, 3.63) is 48.2 Å². The molecule has 1 aliphatic carbocycles. The van der Waals surface area contributed by atoms with E-state index in [9.17, 15) is 4.79 Å². The second-order valence-electron chi connectivity index (χ2n) is 10.6. The van der Waals surface area contributed by atoms with Crippen LogP contribution in [0.2, 0.25) is 0 Å². The monoisotopic (exact) mass is 477 g/mol. The van der Waals surface area contributed by atoms with E-state index in [1.54, 1.807) is 0 Å². The molecule has 0 unspecified atom stereocenters. The van der Waals surface area contributed by atoms with Gasteiger partial charge in [0.2, 0.25) is 0 Å². The summed E-state index contributed by atoms with van der Waals surface area (Å²) in [6.45, 7) is 4.52. The Labute approximate surface area is 214 Å². The summed E-state index contributed by atoms with van der Waals surface area (Å²) >= 11 is 0. The van der Waals surface area contributed by atoms with E-state index >= 15 is 0 Å². The van der Waals surface area contributed by atoms with Gasteiger partial charge < -0.3 is 4.74 Å². The first-order valence-electron chi connectivity index (χ1n) is 14.5. The molecule has 0 spiro atoms. The largest absolute Gasteiger partial charge is 0.426 e. The zero-order valence-electron chi connectivity index (χ0n) is 22.3. The maximum atomic E-state index is 12.7. The summed E-state index contributed by atoms with van der Waals surface area (Å²) in [5.74, 6) is 1.44. The number of carbonyl (C=O) groups excluding carboxylic acids is 1. The molecule has 2 aromatic rings. The lowest BCUT2D eigenvalue weighted by Crippen LogP contribution is -2.25. The third-order valence-corrected chi connectivity index (χ3v) is 7.66. The second kappa shape index (κ2) is 15.8. The topological polar surface area (TPSA) is 39.2 Å². The first kappa shape index (κ1) is 27.4. The molecule has 1 aromatic heterocycles. The SMILES string of the molecule is CCCCCCCCCc1ccc(-c2ccc(OC(=O)C3CCC(CCCCC)CC3)cc2)nc1. The number of hydrogen-bond acceptors (Lipinski definition) is 3. The number of rotatable bonds is 15. The van der Waals surface area contributed by atoms with Crippen molar-refractivity contribution in [2.45, 2.75) is 117 Å². The van der Waals surface area contributed by atoms with Crippen LogP contribution in [0.1, 0.15) is 116 Å². The first-order chi connectivity index (χ1) is 17.2. The lowest BCUT2D eigenvalue weighted by molar-refractivity contribution is -0.140. The third-order valence-electron chi connectivity index (χ3n) is 7.66. The summed E-state index contributed by atoms with van der Waals surface area (Å²) in [5.41, 5.74) is 3.33. The van der Waals surface area contributed by atoms with Crippen molar-refractivity contribution in [1.82, 2.24) is 4.98 Å². The van der Waals surface area contributed by atoms with Crippen LogP contribution >= 0.6 is 0 Å². The van der Waals surface area contributed by atoms with Crippen molar-refractivity contribution >= 4 is 5.97 Å². The van der Waals surface area contributed by atoms with Gasteiger partial charge in [0.15, 0.2) is 0 Å². The Kier molecular flexibility index (Phi) is 12.3. The molecule has 1 heterocycles. The number of aromatic nitrogens is 1. The van der Waals surface area contributed by atoms with Crippen molar-refractivity contribution in [2.24, 2.45) is 11.8 Å². The van der Waals surface area contributed by atoms with Crippen LogP contribution in [0, 0.1) is 11.8 Å². The highest BCUT2D eigenvalue weighted by molar-refractivity contribution is 5.75. The van der Waals surface area contributed by atoms with Crippen molar-refractivity contribution in [1.29, 1.82) is 0 Å². The van der Waals surface area contributed by atoms with Crippen molar-refractivity contribution in [2.75, 3.05) is 0 Å². The number of unbranched alkanes of at least 4 members (excludes halogenated alkanes) is 8. The molecule has 0 aliphatic heterocycles. The predicted octanol–water partition coefficient (Wildman–Crippen LogP) is 9.33. The van der Waals surface area contributed by atoms with Crippen molar-refractivity contribution in [3.8, 4) is 17.0 Å². The van der Waals surface area contributed by atoms with Crippen LogP contribution in [0.3, 0.4) is 0 Å². The molecule has 0 saturated heterocycles. The summed E-state index contributed by atoms with van der Waals surface area (Å²) < 4.78 is 5.72. The highest BCUT2D eigenvalue weighted by Crippen LogP contribution is 2.33. The quantitative estimate of drug-likeness (QED) is 0.146. The van der Waals surface area contributed by atoms with E-state index in [-0.39, 0.29) is 11.9 Å². The fraction of sp³-hybridized carbons (Fsp3) is 0.625. The van der Waals surface area contributed by atoms with Crippen molar-refractivity contribution in [3.63, 3.8) is 0 Å². The molecular weight excluding hydrogens is 430 g/mol. The summed E-state index contributed by atoms with van der Waals surface area (Å²) in [5, 5.41) is 0. The van der Waals surface area contributed by atoms with Gasteiger partial charge in [0, 0.05) is 11.8 Å². The molecule has 35 heavy (non-hydrogen) atoms. The fourth-order valence-corrected chi connectivity index (χ4v) is 5.29. The average molecular weight is 478 g/mol. The highest BCUT2D eigenvalue weighted by Gasteiger charge is 2.27. The van der Waals surface area contributed by atoms with E-state index in [0.29, 0.717) is 5.75 Å². The van der Waals surface area contributed by atoms with Gasteiger partial charge in [-0.05, 0) is 80.3 Å². The van der Waals surface area contributed by atoms with Crippen LogP contribution in [0.15, 0.2) is 42.6 Å². The number of pyridine rings is 1. The summed E-state index contributed by atoms with van der Waals surface area (Å²) in [4.78, 5) is 17.3. The molecule has 1 aromatic carbocycles. The zero-order chi connectivity index (χ0) is 24.7. The van der Waals surface area contributed by atoms with Gasteiger partial charge >= 0.3 is 5.97 Å². The van der Waals surface area contributed by atoms with Crippen LogP contribution in [-0.2, 0) is 11.2 Å². The molecule has 3 nitrogen and oxygen atoms in total. The zero-order valence-corrected chi connectivity index (χ0v) is 22.3. The summed E-state index contributed by atoms with van der Waals surface area (Å²) in [7, 11) is 0. The van der Waals surface area contributed by atoms with Gasteiger partial charge in [-0.3, -0.25) is 9.78 Å². The maximum Gasteiger partial charge on any atom is 0.314 e. The number of aryl methyl sites for hydroxylation is 1. The molecule has 0 N–H and O–H groups in total. The van der Waals surface area contributed by atoms with E-state index in [4.69, 9.17) is 4.74 Å². The molecule has 1 aliphatic rings. The summed E-state index contributed by atoms with van der Waals surface area (Å²) in [6, 6.07) is 12.1. The minimum atomic E-state index is -0.0578. The molecule has 1 fully saturated rings. The Bertz CT molecular complexity index is 835. The standard InChI is InChI=1S/C32H47NO2/c1-3-5-7-8-9-10-12-14-27-17-24-31(33-25-27)28-20-22-30(23-21-28)35-32(34)29-18-15-26(16-19-29)13-11-6-4-2/h17,20-26,29H,3-16,18-19H2,1-2H3. The first-order valence-corrected chi connectivity index (χ1v) is 14.5. The number of hydrogen-bond donors (Lipinski definition) is 0. The maximum absolute atomic E-state index is 12.7. The molecule has 192 valence electrons. The van der Waals surface area contributed by atoms with Crippen LogP contribution in [-0.4, -0.2) is 11.0 Å². The van der Waals surface area contributed by atoms with Crippen LogP contribution in [0.5, 0.6) is 5.75 Å². The van der Waals surface area contributed by atoms with Gasteiger partial charge in [-0.25, -0.2) is 0 Å². The molecule has 1 saturated carbocycles. The van der Waals surface area contributed by atoms with E-state index in [1.807, 2.05) is 30.5 Å². The Balaban J connectivity index is 1.39. The Morgan fingerprint density at radius 1 is 0.800 bits per heavy atom. The summed E-state index contributed by atoms with van der Waals surface area (Å²) in [6.07, 6.45) is 22.0. The lowest BCUT2D eigenvalue weighted by Gasteiger charge is -2.27. The van der Waals surface area contributed by atoms with Crippen LogP contribution < -0.4 is 4.74 Å². The minimum absolute atomic E-state index is 0.0578. The molecule has 0 radical (unpaired) electrons. The van der Waals surface area contributed by atoms with Gasteiger partial charge in [-0.15, -0.1) is 0 Å². The number of nitrogens with zero attached hydrogens (tertiary/aromatic N) is 1. The third kappa shape index (κ3) is 9.78. The number of esters is 1. The number of ether oxygens (including phenoxy) is 1. The van der Waals surface area contributed by atoms with Gasteiger partial charge in [-0.1, -0.05) is 84.1 Å². The fourth-order valence-electron chi connectivity index (χ4n) is 5.29. The van der Waals surface area contributed by atoms with E-state index in [2.05, 4.69) is 31.0 Å². The lowest BCUT2D eigenvalue weighted by atomic mass is 9.80. The van der Waals surface area contributed by atoms with Crippen LogP contribution in [0.4, 0.5) is 0 Å². The Morgan fingerprint density at radius 3 is 2.11 bits per heavy atom. The van der Waals surface area contributed by atoms with E-state index in [0.717, 1.165) is 36.4 Å². The van der Waals surface area contributed by atoms with Gasteiger partial charge in [-0.2, -0.15) is 0 Å². The van der Waals surface area contributed by atoms with Crippen molar-refractivity contribution < 1.29 is 9.53 Å². The predicted molar refractivity (Wildman–Crippen MR) is 147 cm³/mol.